The second kappa shape index (κ2) is 5.71. The average Bonchev–Trinajstić information content (AvgIpc) is 2.49. The molecule has 4 nitrogen and oxygen atoms in total. The van der Waals surface area contributed by atoms with E-state index in [0.29, 0.717) is 31.4 Å². The van der Waals surface area contributed by atoms with Crippen LogP contribution in [-0.2, 0) is 14.3 Å². The summed E-state index contributed by atoms with van der Waals surface area (Å²) in [6.45, 7) is 0. The first-order chi connectivity index (χ1) is 9.72. The summed E-state index contributed by atoms with van der Waals surface area (Å²) in [6.07, 6.45) is 3.99. The maximum absolute atomic E-state index is 12.1. The van der Waals surface area contributed by atoms with E-state index in [1.807, 2.05) is 30.3 Å². The minimum absolute atomic E-state index is 0.134. The van der Waals surface area contributed by atoms with Crippen molar-refractivity contribution in [2.45, 2.75) is 36.7 Å². The molecule has 0 atom stereocenters. The van der Waals surface area contributed by atoms with Crippen LogP contribution in [0.3, 0.4) is 0 Å². The molecule has 0 amide bonds. The van der Waals surface area contributed by atoms with Gasteiger partial charge in [0.05, 0.1) is 0 Å². The average molecular weight is 289 g/mol. The summed E-state index contributed by atoms with van der Waals surface area (Å²) < 4.78 is 8.47. The van der Waals surface area contributed by atoms with Gasteiger partial charge in [-0.2, -0.15) is 0 Å². The predicted octanol–water partition coefficient (Wildman–Crippen LogP) is 2.69. The third-order valence-corrected chi connectivity index (χ3v) is 4.39. The van der Waals surface area contributed by atoms with Crippen LogP contribution in [0, 0.1) is 0 Å². The maximum Gasteiger partial charge on any atom is 0.355 e. The molecule has 1 saturated carbocycles. The molecule has 104 valence electrons. The quantitative estimate of drug-likeness (QED) is 0.670. The molecule has 1 aromatic carbocycles. The van der Waals surface area contributed by atoms with Crippen molar-refractivity contribution in [3.63, 3.8) is 0 Å². The van der Waals surface area contributed by atoms with Crippen LogP contribution in [0.25, 0.3) is 6.08 Å². The Hall–Kier alpha value is -1.75. The molecule has 2 aliphatic rings. The fraction of sp³-hybridized carbons (Fsp3) is 0.333. The lowest BCUT2D eigenvalue weighted by molar-refractivity contribution is -0.147. The number of nitrogens with one attached hydrogen (secondary N) is 1. The summed E-state index contributed by atoms with van der Waals surface area (Å²) >= 11 is 1.41. The molecule has 5 heteroatoms. The number of esters is 1. The van der Waals surface area contributed by atoms with Crippen molar-refractivity contribution in [2.75, 3.05) is 0 Å². The molecule has 0 radical (unpaired) electrons. The summed E-state index contributed by atoms with van der Waals surface area (Å²) in [4.78, 5) is 24.4. The summed E-state index contributed by atoms with van der Waals surface area (Å²) in [5.41, 5.74) is 1.48. The monoisotopic (exact) mass is 289 g/mol. The lowest BCUT2D eigenvalue weighted by atomic mass is 9.96. The van der Waals surface area contributed by atoms with Crippen LogP contribution in [0.1, 0.15) is 31.2 Å². The fourth-order valence-corrected chi connectivity index (χ4v) is 3.09. The van der Waals surface area contributed by atoms with Gasteiger partial charge >= 0.3 is 5.97 Å². The lowest BCUT2D eigenvalue weighted by Gasteiger charge is -2.23. The van der Waals surface area contributed by atoms with E-state index in [1.165, 1.54) is 11.9 Å². The van der Waals surface area contributed by atoms with E-state index in [2.05, 4.69) is 4.72 Å². The zero-order valence-corrected chi connectivity index (χ0v) is 11.7. The smallest absolute Gasteiger partial charge is 0.355 e. The van der Waals surface area contributed by atoms with Gasteiger partial charge in [-0.25, -0.2) is 4.79 Å². The zero-order chi connectivity index (χ0) is 13.9. The van der Waals surface area contributed by atoms with Gasteiger partial charge in [-0.15, -0.1) is 0 Å². The Bertz CT molecular complexity index is 572. The van der Waals surface area contributed by atoms with Gasteiger partial charge in [-0.05, 0) is 42.5 Å². The van der Waals surface area contributed by atoms with Gasteiger partial charge in [0, 0.05) is 17.7 Å². The Morgan fingerprint density at radius 3 is 2.80 bits per heavy atom. The molecule has 20 heavy (non-hydrogen) atoms. The number of carbonyl (C=O) groups excluding carboxylic acids is 2. The highest BCUT2D eigenvalue weighted by Crippen LogP contribution is 2.28. The Balaban J connectivity index is 1.66. The first-order valence-corrected chi connectivity index (χ1v) is 7.50. The minimum Gasteiger partial charge on any atom is -0.458 e. The van der Waals surface area contributed by atoms with Crippen LogP contribution in [0.5, 0.6) is 0 Å². The largest absolute Gasteiger partial charge is 0.458 e. The van der Waals surface area contributed by atoms with Gasteiger partial charge in [-0.3, -0.25) is 4.79 Å². The number of ketones is 1. The van der Waals surface area contributed by atoms with E-state index < -0.39 is 0 Å². The first kappa shape index (κ1) is 13.2. The molecule has 0 unspecified atom stereocenters. The molecule has 1 fully saturated rings. The van der Waals surface area contributed by atoms with E-state index >= 15 is 0 Å². The molecule has 3 rings (SSSR count). The van der Waals surface area contributed by atoms with Crippen molar-refractivity contribution in [3.8, 4) is 0 Å². The van der Waals surface area contributed by atoms with E-state index in [1.54, 1.807) is 0 Å². The third-order valence-electron chi connectivity index (χ3n) is 3.47. The van der Waals surface area contributed by atoms with Crippen LogP contribution >= 0.6 is 11.9 Å². The number of hydrogen-bond acceptors (Lipinski definition) is 5. The third kappa shape index (κ3) is 2.88. The van der Waals surface area contributed by atoms with Crippen molar-refractivity contribution in [2.24, 2.45) is 0 Å². The number of carbonyl (C=O) groups is 2. The molecule has 0 spiro atoms. The van der Waals surface area contributed by atoms with E-state index in [-0.39, 0.29) is 17.9 Å². The highest BCUT2D eigenvalue weighted by molar-refractivity contribution is 7.97. The van der Waals surface area contributed by atoms with Crippen molar-refractivity contribution in [1.29, 1.82) is 0 Å². The van der Waals surface area contributed by atoms with Gasteiger partial charge in [-0.1, -0.05) is 18.2 Å². The van der Waals surface area contributed by atoms with Crippen LogP contribution < -0.4 is 4.72 Å². The van der Waals surface area contributed by atoms with Gasteiger partial charge < -0.3 is 9.46 Å². The number of fused-ring (bicyclic) bond motifs is 1. The molecule has 1 heterocycles. The predicted molar refractivity (Wildman–Crippen MR) is 76.8 cm³/mol. The molecule has 1 aliphatic heterocycles. The van der Waals surface area contributed by atoms with Crippen LogP contribution in [0.2, 0.25) is 0 Å². The zero-order valence-electron chi connectivity index (χ0n) is 10.9. The molecule has 1 N–H and O–H groups in total. The summed E-state index contributed by atoms with van der Waals surface area (Å²) in [7, 11) is 0. The molecular weight excluding hydrogens is 274 g/mol. The molecule has 1 aliphatic carbocycles. The summed E-state index contributed by atoms with van der Waals surface area (Å²) in [6, 6.07) is 7.87. The molecule has 0 aromatic heterocycles. The van der Waals surface area contributed by atoms with Gasteiger partial charge in [0.15, 0.2) is 0 Å². The molecule has 0 bridgehead atoms. The van der Waals surface area contributed by atoms with E-state index in [4.69, 9.17) is 4.74 Å². The van der Waals surface area contributed by atoms with Gasteiger partial charge in [0.2, 0.25) is 0 Å². The Morgan fingerprint density at radius 2 is 2.00 bits per heavy atom. The topological polar surface area (TPSA) is 55.4 Å². The van der Waals surface area contributed by atoms with Crippen molar-refractivity contribution >= 4 is 29.8 Å². The highest BCUT2D eigenvalue weighted by atomic mass is 32.2. The number of benzene rings is 1. The Morgan fingerprint density at radius 1 is 1.25 bits per heavy atom. The second-order valence-corrected chi connectivity index (χ2v) is 5.79. The number of rotatable bonds is 2. The van der Waals surface area contributed by atoms with Crippen molar-refractivity contribution in [1.82, 2.24) is 4.72 Å². The number of hydrogen-bond donors (Lipinski definition) is 1. The number of ether oxygens (including phenoxy) is 1. The standard InChI is InChI=1S/C15H15NO3S/c17-11-5-7-12(8-6-11)19-15(18)13-9-10-3-1-2-4-14(10)20-16-13/h1-4,9,12,16H,5-8H2. The maximum atomic E-state index is 12.1. The second-order valence-electron chi connectivity index (χ2n) is 4.94. The molecule has 1 aromatic rings. The van der Waals surface area contributed by atoms with Crippen molar-refractivity contribution < 1.29 is 14.3 Å². The molecule has 0 saturated heterocycles. The fourth-order valence-electron chi connectivity index (χ4n) is 2.33. The normalized spacial score (nSPS) is 18.8. The van der Waals surface area contributed by atoms with Crippen molar-refractivity contribution in [3.05, 3.63) is 35.5 Å². The summed E-state index contributed by atoms with van der Waals surface area (Å²) in [5, 5.41) is 0. The van der Waals surface area contributed by atoms with Crippen LogP contribution in [0.15, 0.2) is 34.9 Å². The number of Topliss-reactive ketones (excluding diaryl/α,β-unsaturated/α-hetero) is 1. The summed E-state index contributed by atoms with van der Waals surface area (Å²) in [5.74, 6) is -0.0804. The molecular formula is C15H15NO3S. The highest BCUT2D eigenvalue weighted by Gasteiger charge is 2.24. The lowest BCUT2D eigenvalue weighted by Crippen LogP contribution is -2.28. The van der Waals surface area contributed by atoms with Crippen LogP contribution in [-0.4, -0.2) is 17.9 Å². The van der Waals surface area contributed by atoms with E-state index in [0.717, 1.165) is 10.5 Å². The Kier molecular flexibility index (Phi) is 3.78. The van der Waals surface area contributed by atoms with Gasteiger partial charge in [0.1, 0.15) is 17.6 Å². The Labute approximate surface area is 121 Å². The van der Waals surface area contributed by atoms with Gasteiger partial charge in [0.25, 0.3) is 0 Å². The van der Waals surface area contributed by atoms with Crippen LogP contribution in [0.4, 0.5) is 0 Å². The SMILES string of the molecule is O=C1CCC(OC(=O)C2=Cc3ccccc3SN2)CC1. The van der Waals surface area contributed by atoms with E-state index in [9.17, 15) is 9.59 Å². The minimum atomic E-state index is -0.341. The first-order valence-electron chi connectivity index (χ1n) is 6.68.